The molecule has 0 aromatic heterocycles. The Morgan fingerprint density at radius 2 is 1.69 bits per heavy atom. The molecule has 1 saturated heterocycles. The number of nitrogens with zero attached hydrogens (tertiary/aromatic N) is 2. The SMILES string of the molecule is C/C(=N/NC(=O)c1ccc([C@H]2SCC(=O)N2Cc2ccccc2)cc1)c1ccc(Cl)cc1. The number of rotatable bonds is 6. The molecule has 2 amide bonds. The van der Waals surface area contributed by atoms with Crippen molar-refractivity contribution in [2.45, 2.75) is 18.8 Å². The second-order valence-electron chi connectivity index (χ2n) is 7.44. The molecule has 1 atom stereocenters. The fraction of sp³-hybridized carbons (Fsp3) is 0.160. The summed E-state index contributed by atoms with van der Waals surface area (Å²) in [5.74, 6) is 0.289. The number of nitrogens with one attached hydrogen (secondary N) is 1. The highest BCUT2D eigenvalue weighted by atomic mass is 35.5. The van der Waals surface area contributed by atoms with Crippen LogP contribution in [0.25, 0.3) is 0 Å². The van der Waals surface area contributed by atoms with Crippen molar-refractivity contribution in [3.63, 3.8) is 0 Å². The summed E-state index contributed by atoms with van der Waals surface area (Å²) in [5.41, 5.74) is 6.76. The number of thioether (sulfide) groups is 1. The van der Waals surface area contributed by atoms with E-state index in [9.17, 15) is 9.59 Å². The Hall–Kier alpha value is -3.09. The molecular formula is C25H22ClN3O2S. The number of benzene rings is 3. The summed E-state index contributed by atoms with van der Waals surface area (Å²) >= 11 is 7.51. The second kappa shape index (κ2) is 10.0. The van der Waals surface area contributed by atoms with Crippen molar-refractivity contribution in [1.82, 2.24) is 10.3 Å². The number of hydrogen-bond donors (Lipinski definition) is 1. The summed E-state index contributed by atoms with van der Waals surface area (Å²) in [6, 6.07) is 24.6. The third kappa shape index (κ3) is 5.21. The summed E-state index contributed by atoms with van der Waals surface area (Å²) in [4.78, 5) is 26.8. The number of halogens is 1. The van der Waals surface area contributed by atoms with Gasteiger partial charge >= 0.3 is 0 Å². The third-order valence-electron chi connectivity index (χ3n) is 5.21. The highest BCUT2D eigenvalue weighted by molar-refractivity contribution is 8.00. The molecule has 1 heterocycles. The van der Waals surface area contributed by atoms with E-state index in [-0.39, 0.29) is 17.2 Å². The average Bonchev–Trinajstić information content (AvgIpc) is 3.18. The molecule has 0 spiro atoms. The van der Waals surface area contributed by atoms with Crippen molar-refractivity contribution >= 4 is 40.9 Å². The number of hydrazone groups is 1. The van der Waals surface area contributed by atoms with Gasteiger partial charge in [0.25, 0.3) is 5.91 Å². The Bertz CT molecular complexity index is 1130. The first kappa shape index (κ1) is 22.1. The molecule has 1 fully saturated rings. The van der Waals surface area contributed by atoms with Crippen LogP contribution in [0.15, 0.2) is 84.0 Å². The predicted octanol–water partition coefficient (Wildman–Crippen LogP) is 5.27. The number of hydrogen-bond acceptors (Lipinski definition) is 4. The minimum atomic E-state index is -0.291. The van der Waals surface area contributed by atoms with E-state index >= 15 is 0 Å². The first-order chi connectivity index (χ1) is 15.5. The molecule has 1 aliphatic heterocycles. The van der Waals surface area contributed by atoms with Crippen LogP contribution >= 0.6 is 23.4 Å². The highest BCUT2D eigenvalue weighted by Gasteiger charge is 2.32. The van der Waals surface area contributed by atoms with Crippen LogP contribution in [0.4, 0.5) is 0 Å². The summed E-state index contributed by atoms with van der Waals surface area (Å²) in [7, 11) is 0. The molecular weight excluding hydrogens is 442 g/mol. The van der Waals surface area contributed by atoms with E-state index in [0.29, 0.717) is 28.6 Å². The lowest BCUT2D eigenvalue weighted by Gasteiger charge is -2.24. The van der Waals surface area contributed by atoms with Crippen molar-refractivity contribution < 1.29 is 9.59 Å². The number of carbonyl (C=O) groups excluding carboxylic acids is 2. The maximum atomic E-state index is 12.5. The van der Waals surface area contributed by atoms with Crippen molar-refractivity contribution in [1.29, 1.82) is 0 Å². The maximum Gasteiger partial charge on any atom is 0.271 e. The normalized spacial score (nSPS) is 16.3. The number of carbonyl (C=O) groups is 2. The van der Waals surface area contributed by atoms with Gasteiger partial charge in [0.15, 0.2) is 0 Å². The number of amides is 2. The molecule has 0 saturated carbocycles. The Morgan fingerprint density at radius 3 is 2.38 bits per heavy atom. The van der Waals surface area contributed by atoms with Crippen molar-refractivity contribution in [2.24, 2.45) is 5.10 Å². The molecule has 4 rings (SSSR count). The molecule has 1 N–H and O–H groups in total. The molecule has 3 aromatic rings. The highest BCUT2D eigenvalue weighted by Crippen LogP contribution is 2.39. The minimum absolute atomic E-state index is 0.0648. The van der Waals surface area contributed by atoms with Crippen LogP contribution in [0.1, 0.15) is 39.3 Å². The molecule has 32 heavy (non-hydrogen) atoms. The Balaban J connectivity index is 1.42. The Kier molecular flexibility index (Phi) is 6.93. The first-order valence-corrected chi connectivity index (χ1v) is 11.6. The largest absolute Gasteiger partial charge is 0.322 e. The predicted molar refractivity (Wildman–Crippen MR) is 130 cm³/mol. The van der Waals surface area contributed by atoms with Gasteiger partial charge in [-0.15, -0.1) is 11.8 Å². The van der Waals surface area contributed by atoms with Crippen LogP contribution < -0.4 is 5.43 Å². The van der Waals surface area contributed by atoms with Crippen LogP contribution in [-0.4, -0.2) is 28.2 Å². The fourth-order valence-electron chi connectivity index (χ4n) is 3.44. The van der Waals surface area contributed by atoms with E-state index in [2.05, 4.69) is 10.5 Å². The van der Waals surface area contributed by atoms with Crippen LogP contribution in [0, 0.1) is 0 Å². The monoisotopic (exact) mass is 463 g/mol. The molecule has 3 aromatic carbocycles. The molecule has 0 bridgehead atoms. The molecule has 5 nitrogen and oxygen atoms in total. The van der Waals surface area contributed by atoms with E-state index in [1.807, 2.05) is 66.4 Å². The summed E-state index contributed by atoms with van der Waals surface area (Å²) in [5, 5.41) is 4.77. The van der Waals surface area contributed by atoms with Crippen LogP contribution in [0.5, 0.6) is 0 Å². The summed E-state index contributed by atoms with van der Waals surface area (Å²) < 4.78 is 0. The average molecular weight is 464 g/mol. The zero-order valence-corrected chi connectivity index (χ0v) is 19.1. The minimum Gasteiger partial charge on any atom is -0.322 e. The van der Waals surface area contributed by atoms with Gasteiger partial charge in [-0.05, 0) is 47.9 Å². The van der Waals surface area contributed by atoms with Gasteiger partial charge in [0.1, 0.15) is 5.37 Å². The molecule has 0 unspecified atom stereocenters. The topological polar surface area (TPSA) is 61.8 Å². The quantitative estimate of drug-likeness (QED) is 0.400. The Morgan fingerprint density at radius 1 is 1.03 bits per heavy atom. The van der Waals surface area contributed by atoms with Crippen molar-refractivity contribution in [3.05, 3.63) is 106 Å². The van der Waals surface area contributed by atoms with Gasteiger partial charge in [0.2, 0.25) is 5.91 Å². The van der Waals surface area contributed by atoms with E-state index in [1.54, 1.807) is 36.0 Å². The van der Waals surface area contributed by atoms with Gasteiger partial charge in [-0.3, -0.25) is 9.59 Å². The standard InChI is InChI=1S/C25H22ClN3O2S/c1-17(19-11-13-22(26)14-12-19)27-28-24(31)20-7-9-21(10-8-20)25-29(23(30)16-32-25)15-18-5-3-2-4-6-18/h2-14,25H,15-16H2,1H3,(H,28,31)/b27-17-/t25-/m1/s1. The maximum absolute atomic E-state index is 12.5. The fourth-order valence-corrected chi connectivity index (χ4v) is 4.75. The lowest BCUT2D eigenvalue weighted by molar-refractivity contribution is -0.128. The van der Waals surface area contributed by atoms with Crippen molar-refractivity contribution in [3.8, 4) is 0 Å². The molecule has 0 aliphatic carbocycles. The molecule has 7 heteroatoms. The van der Waals surface area contributed by atoms with Gasteiger partial charge < -0.3 is 4.90 Å². The van der Waals surface area contributed by atoms with Crippen molar-refractivity contribution in [2.75, 3.05) is 5.75 Å². The third-order valence-corrected chi connectivity index (χ3v) is 6.72. The van der Waals surface area contributed by atoms with Gasteiger partial charge in [-0.25, -0.2) is 5.43 Å². The molecule has 0 radical (unpaired) electrons. The van der Waals surface area contributed by atoms with Crippen LogP contribution in [-0.2, 0) is 11.3 Å². The lowest BCUT2D eigenvalue weighted by atomic mass is 10.1. The van der Waals surface area contributed by atoms with Crippen LogP contribution in [0.2, 0.25) is 5.02 Å². The van der Waals surface area contributed by atoms with E-state index in [4.69, 9.17) is 11.6 Å². The smallest absolute Gasteiger partial charge is 0.271 e. The first-order valence-electron chi connectivity index (χ1n) is 10.2. The molecule has 1 aliphatic rings. The summed E-state index contributed by atoms with van der Waals surface area (Å²) in [6.07, 6.45) is 0. The van der Waals surface area contributed by atoms with Gasteiger partial charge in [0, 0.05) is 17.1 Å². The van der Waals surface area contributed by atoms with Gasteiger partial charge in [0.05, 0.1) is 11.5 Å². The van der Waals surface area contributed by atoms with E-state index in [1.165, 1.54) is 0 Å². The summed E-state index contributed by atoms with van der Waals surface area (Å²) in [6.45, 7) is 2.39. The second-order valence-corrected chi connectivity index (χ2v) is 8.94. The van der Waals surface area contributed by atoms with E-state index < -0.39 is 0 Å². The van der Waals surface area contributed by atoms with Gasteiger partial charge in [-0.1, -0.05) is 66.2 Å². The Labute approximate surface area is 196 Å². The van der Waals surface area contributed by atoms with Crippen LogP contribution in [0.3, 0.4) is 0 Å². The lowest BCUT2D eigenvalue weighted by Crippen LogP contribution is -2.27. The van der Waals surface area contributed by atoms with Gasteiger partial charge in [-0.2, -0.15) is 5.10 Å². The zero-order chi connectivity index (χ0) is 22.5. The molecule has 162 valence electrons. The van der Waals surface area contributed by atoms with E-state index in [0.717, 1.165) is 16.7 Å². The zero-order valence-electron chi connectivity index (χ0n) is 17.5.